The van der Waals surface area contributed by atoms with Gasteiger partial charge in [-0.2, -0.15) is 0 Å². The third-order valence-corrected chi connectivity index (χ3v) is 3.07. The first-order chi connectivity index (χ1) is 8.00. The maximum Gasteiger partial charge on any atom is 0.159 e. The lowest BCUT2D eigenvalue weighted by Crippen LogP contribution is -2.53. The molecule has 0 bridgehead atoms. The van der Waals surface area contributed by atoms with Crippen LogP contribution in [0.1, 0.15) is 31.1 Å². The molecule has 4 nitrogen and oxygen atoms in total. The summed E-state index contributed by atoms with van der Waals surface area (Å²) in [5, 5.41) is 0. The van der Waals surface area contributed by atoms with Crippen molar-refractivity contribution in [3.8, 4) is 0 Å². The molecule has 0 radical (unpaired) electrons. The Kier molecular flexibility index (Phi) is 3.15. The molecule has 0 aromatic carbocycles. The number of morpholine rings is 1. The molecule has 0 atom stereocenters. The average Bonchev–Trinajstić information content (AvgIpc) is 2.28. The molecule has 1 aromatic rings. The number of ketones is 1. The molecule has 1 aliphatic heterocycles. The van der Waals surface area contributed by atoms with Crippen LogP contribution in [0.3, 0.4) is 0 Å². The zero-order chi connectivity index (χ0) is 12.5. The second-order valence-electron chi connectivity index (χ2n) is 4.98. The second kappa shape index (κ2) is 4.45. The van der Waals surface area contributed by atoms with Gasteiger partial charge >= 0.3 is 0 Å². The summed E-state index contributed by atoms with van der Waals surface area (Å²) >= 11 is 0. The Morgan fingerprint density at radius 2 is 2.29 bits per heavy atom. The normalized spacial score (nSPS) is 19.1. The van der Waals surface area contributed by atoms with Gasteiger partial charge in [-0.1, -0.05) is 0 Å². The van der Waals surface area contributed by atoms with Crippen LogP contribution >= 0.6 is 0 Å². The SMILES string of the molecule is CC(=O)c1ccnc(N2CCOCC2(C)C)c1. The van der Waals surface area contributed by atoms with E-state index in [2.05, 4.69) is 23.7 Å². The van der Waals surface area contributed by atoms with E-state index in [0.717, 1.165) is 12.4 Å². The van der Waals surface area contributed by atoms with Crippen molar-refractivity contribution in [2.24, 2.45) is 0 Å². The van der Waals surface area contributed by atoms with Gasteiger partial charge < -0.3 is 9.64 Å². The van der Waals surface area contributed by atoms with Crippen LogP contribution < -0.4 is 4.90 Å². The van der Waals surface area contributed by atoms with Gasteiger partial charge in [-0.3, -0.25) is 4.79 Å². The molecule has 4 heteroatoms. The molecule has 0 amide bonds. The van der Waals surface area contributed by atoms with Gasteiger partial charge in [0.15, 0.2) is 5.78 Å². The average molecular weight is 234 g/mol. The number of carbonyl (C=O) groups excluding carboxylic acids is 1. The molecule has 1 aromatic heterocycles. The Morgan fingerprint density at radius 3 is 2.94 bits per heavy atom. The Bertz CT molecular complexity index is 429. The van der Waals surface area contributed by atoms with E-state index in [1.807, 2.05) is 6.07 Å². The summed E-state index contributed by atoms with van der Waals surface area (Å²) in [6, 6.07) is 3.61. The number of pyridine rings is 1. The molecule has 0 saturated carbocycles. The number of aromatic nitrogens is 1. The first-order valence-corrected chi connectivity index (χ1v) is 5.83. The first kappa shape index (κ1) is 12.0. The van der Waals surface area contributed by atoms with Crippen LogP contribution in [0.25, 0.3) is 0 Å². The van der Waals surface area contributed by atoms with Gasteiger partial charge in [-0.05, 0) is 32.9 Å². The minimum absolute atomic E-state index is 0.0692. The number of ether oxygens (including phenoxy) is 1. The maximum absolute atomic E-state index is 11.4. The third-order valence-electron chi connectivity index (χ3n) is 3.07. The molecular weight excluding hydrogens is 216 g/mol. The largest absolute Gasteiger partial charge is 0.377 e. The van der Waals surface area contributed by atoms with Crippen LogP contribution in [-0.2, 0) is 4.74 Å². The van der Waals surface area contributed by atoms with Crippen molar-refractivity contribution in [1.82, 2.24) is 4.98 Å². The quantitative estimate of drug-likeness (QED) is 0.733. The highest BCUT2D eigenvalue weighted by Crippen LogP contribution is 2.25. The van der Waals surface area contributed by atoms with Crippen LogP contribution in [0.2, 0.25) is 0 Å². The lowest BCUT2D eigenvalue weighted by Gasteiger charge is -2.43. The van der Waals surface area contributed by atoms with Crippen molar-refractivity contribution in [3.63, 3.8) is 0 Å². The molecule has 2 rings (SSSR count). The fourth-order valence-corrected chi connectivity index (χ4v) is 2.07. The number of anilines is 1. The molecule has 2 heterocycles. The van der Waals surface area contributed by atoms with E-state index in [1.165, 1.54) is 0 Å². The van der Waals surface area contributed by atoms with Crippen LogP contribution in [0.5, 0.6) is 0 Å². The molecule has 0 aliphatic carbocycles. The standard InChI is InChI=1S/C13H18N2O2/c1-10(16)11-4-5-14-12(8-11)15-6-7-17-9-13(15,2)3/h4-5,8H,6-7,9H2,1-3H3. The molecule has 17 heavy (non-hydrogen) atoms. The van der Waals surface area contributed by atoms with Crippen LogP contribution in [0.4, 0.5) is 5.82 Å². The second-order valence-corrected chi connectivity index (χ2v) is 4.98. The number of carbonyl (C=O) groups is 1. The minimum Gasteiger partial charge on any atom is -0.377 e. The van der Waals surface area contributed by atoms with Gasteiger partial charge in [-0.15, -0.1) is 0 Å². The first-order valence-electron chi connectivity index (χ1n) is 5.83. The van der Waals surface area contributed by atoms with Crippen LogP contribution in [0, 0.1) is 0 Å². The molecule has 92 valence electrons. The van der Waals surface area contributed by atoms with Crippen molar-refractivity contribution in [2.45, 2.75) is 26.3 Å². The zero-order valence-electron chi connectivity index (χ0n) is 10.6. The molecule has 1 aliphatic rings. The Hall–Kier alpha value is -1.42. The van der Waals surface area contributed by atoms with E-state index >= 15 is 0 Å². The topological polar surface area (TPSA) is 42.4 Å². The van der Waals surface area contributed by atoms with Gasteiger partial charge in [0.1, 0.15) is 5.82 Å². The van der Waals surface area contributed by atoms with Crippen molar-refractivity contribution in [2.75, 3.05) is 24.7 Å². The summed E-state index contributed by atoms with van der Waals surface area (Å²) in [6.45, 7) is 8.00. The molecule has 1 saturated heterocycles. The van der Waals surface area contributed by atoms with Crippen LogP contribution in [0.15, 0.2) is 18.3 Å². The molecular formula is C13H18N2O2. The van der Waals surface area contributed by atoms with Crippen molar-refractivity contribution in [3.05, 3.63) is 23.9 Å². The third kappa shape index (κ3) is 2.47. The fraction of sp³-hybridized carbons (Fsp3) is 0.538. The predicted molar refractivity (Wildman–Crippen MR) is 66.5 cm³/mol. The van der Waals surface area contributed by atoms with E-state index in [-0.39, 0.29) is 11.3 Å². The highest BCUT2D eigenvalue weighted by Gasteiger charge is 2.31. The van der Waals surface area contributed by atoms with E-state index in [9.17, 15) is 4.79 Å². The number of hydrogen-bond acceptors (Lipinski definition) is 4. The van der Waals surface area contributed by atoms with Gasteiger partial charge in [0.05, 0.1) is 18.8 Å². The maximum atomic E-state index is 11.4. The lowest BCUT2D eigenvalue weighted by molar-refractivity contribution is 0.0639. The van der Waals surface area contributed by atoms with Gasteiger partial charge in [0.25, 0.3) is 0 Å². The summed E-state index contributed by atoms with van der Waals surface area (Å²) in [7, 11) is 0. The van der Waals surface area contributed by atoms with Crippen molar-refractivity contribution < 1.29 is 9.53 Å². The Balaban J connectivity index is 2.32. The summed E-state index contributed by atoms with van der Waals surface area (Å²) in [6.07, 6.45) is 1.69. The van der Waals surface area contributed by atoms with E-state index in [1.54, 1.807) is 19.2 Å². The minimum atomic E-state index is -0.0827. The molecule has 0 N–H and O–H groups in total. The van der Waals surface area contributed by atoms with Gasteiger partial charge in [0.2, 0.25) is 0 Å². The summed E-state index contributed by atoms with van der Waals surface area (Å²) in [5.41, 5.74) is 0.623. The number of rotatable bonds is 2. The summed E-state index contributed by atoms with van der Waals surface area (Å²) < 4.78 is 5.48. The predicted octanol–water partition coefficient (Wildman–Crippen LogP) is 1.90. The summed E-state index contributed by atoms with van der Waals surface area (Å²) in [4.78, 5) is 17.9. The monoisotopic (exact) mass is 234 g/mol. The van der Waals surface area contributed by atoms with Crippen LogP contribution in [-0.4, -0.2) is 36.1 Å². The summed E-state index contributed by atoms with van der Waals surface area (Å²) in [5.74, 6) is 0.922. The van der Waals surface area contributed by atoms with E-state index in [0.29, 0.717) is 18.8 Å². The van der Waals surface area contributed by atoms with Gasteiger partial charge in [-0.25, -0.2) is 4.98 Å². The zero-order valence-corrected chi connectivity index (χ0v) is 10.6. The van der Waals surface area contributed by atoms with Crippen molar-refractivity contribution >= 4 is 11.6 Å². The highest BCUT2D eigenvalue weighted by molar-refractivity contribution is 5.94. The van der Waals surface area contributed by atoms with Gasteiger partial charge in [0, 0.05) is 18.3 Å². The molecule has 0 spiro atoms. The van der Waals surface area contributed by atoms with E-state index < -0.39 is 0 Å². The Labute approximate surface area is 102 Å². The van der Waals surface area contributed by atoms with E-state index in [4.69, 9.17) is 4.74 Å². The molecule has 0 unspecified atom stereocenters. The number of nitrogens with zero attached hydrogens (tertiary/aromatic N) is 2. The smallest absolute Gasteiger partial charge is 0.159 e. The number of hydrogen-bond donors (Lipinski definition) is 0. The number of Topliss-reactive ketones (excluding diaryl/α,β-unsaturated/α-hetero) is 1. The fourth-order valence-electron chi connectivity index (χ4n) is 2.07. The van der Waals surface area contributed by atoms with Crippen molar-refractivity contribution in [1.29, 1.82) is 0 Å². The Morgan fingerprint density at radius 1 is 1.53 bits per heavy atom. The highest BCUT2D eigenvalue weighted by atomic mass is 16.5. The molecule has 1 fully saturated rings. The lowest BCUT2D eigenvalue weighted by atomic mass is 10.0.